The summed E-state index contributed by atoms with van der Waals surface area (Å²) in [5.74, 6) is 0.504. The molecule has 120 valence electrons. The summed E-state index contributed by atoms with van der Waals surface area (Å²) in [4.78, 5) is 17.8. The van der Waals surface area contributed by atoms with Gasteiger partial charge >= 0.3 is 6.01 Å². The van der Waals surface area contributed by atoms with Gasteiger partial charge in [0.15, 0.2) is 5.82 Å². The van der Waals surface area contributed by atoms with Gasteiger partial charge in [0.25, 0.3) is 0 Å². The Balaban J connectivity index is 2.27. The summed E-state index contributed by atoms with van der Waals surface area (Å²) in [6.45, 7) is 8.76. The zero-order valence-electron chi connectivity index (χ0n) is 13.6. The van der Waals surface area contributed by atoms with E-state index in [1.165, 1.54) is 16.0 Å². The van der Waals surface area contributed by atoms with Crippen LogP contribution in [0.2, 0.25) is 0 Å². The Bertz CT molecular complexity index is 612. The summed E-state index contributed by atoms with van der Waals surface area (Å²) in [5, 5.41) is 6.22. The fraction of sp³-hybridized carbons (Fsp3) is 0.562. The molecule has 0 atom stereocenters. The molecular formula is C16H23N3O2S. The van der Waals surface area contributed by atoms with Gasteiger partial charge in [-0.15, -0.1) is 16.4 Å². The zero-order valence-corrected chi connectivity index (χ0v) is 14.4. The Morgan fingerprint density at radius 2 is 2.18 bits per heavy atom. The molecule has 0 saturated heterocycles. The molecule has 0 N–H and O–H groups in total. The predicted octanol–water partition coefficient (Wildman–Crippen LogP) is 4.26. The van der Waals surface area contributed by atoms with E-state index in [4.69, 9.17) is 4.74 Å². The van der Waals surface area contributed by atoms with Gasteiger partial charge in [0.2, 0.25) is 5.91 Å². The van der Waals surface area contributed by atoms with Gasteiger partial charge in [0.1, 0.15) is 0 Å². The Morgan fingerprint density at radius 3 is 2.77 bits per heavy atom. The fourth-order valence-electron chi connectivity index (χ4n) is 1.93. The highest BCUT2D eigenvalue weighted by atomic mass is 32.1. The van der Waals surface area contributed by atoms with Crippen LogP contribution in [0.25, 0.3) is 10.7 Å². The van der Waals surface area contributed by atoms with Crippen molar-refractivity contribution >= 4 is 17.2 Å². The van der Waals surface area contributed by atoms with Crippen LogP contribution in [0.4, 0.5) is 0 Å². The number of ether oxygens (including phenoxy) is 1. The molecule has 0 amide bonds. The van der Waals surface area contributed by atoms with E-state index in [0.29, 0.717) is 18.9 Å². The SMILES string of the molecule is CCCCOc1nc(-c2cccs2)n(C(=O)CC(C)(C)C)n1. The van der Waals surface area contributed by atoms with Gasteiger partial charge in [-0.2, -0.15) is 9.67 Å². The molecule has 0 aliphatic heterocycles. The van der Waals surface area contributed by atoms with Gasteiger partial charge in [-0.3, -0.25) is 4.79 Å². The van der Waals surface area contributed by atoms with Crippen LogP contribution >= 0.6 is 11.3 Å². The molecule has 0 saturated carbocycles. The van der Waals surface area contributed by atoms with E-state index in [2.05, 4.69) is 17.0 Å². The first kappa shape index (κ1) is 16.7. The normalized spacial score (nSPS) is 11.6. The minimum absolute atomic E-state index is 0.0614. The van der Waals surface area contributed by atoms with E-state index in [9.17, 15) is 4.79 Å². The molecule has 0 spiro atoms. The lowest BCUT2D eigenvalue weighted by Gasteiger charge is -2.16. The first-order valence-electron chi connectivity index (χ1n) is 7.57. The second kappa shape index (κ2) is 7.05. The van der Waals surface area contributed by atoms with E-state index in [1.807, 2.05) is 38.3 Å². The van der Waals surface area contributed by atoms with Crippen LogP contribution in [-0.2, 0) is 0 Å². The fourth-order valence-corrected chi connectivity index (χ4v) is 2.63. The van der Waals surface area contributed by atoms with Gasteiger partial charge in [-0.05, 0) is 23.3 Å². The number of hydrogen-bond donors (Lipinski definition) is 0. The highest BCUT2D eigenvalue weighted by Crippen LogP contribution is 2.27. The Labute approximate surface area is 135 Å². The zero-order chi connectivity index (χ0) is 16.2. The summed E-state index contributed by atoms with van der Waals surface area (Å²) in [6, 6.07) is 4.15. The van der Waals surface area contributed by atoms with Gasteiger partial charge in [0, 0.05) is 6.42 Å². The van der Waals surface area contributed by atoms with Crippen molar-refractivity contribution in [2.75, 3.05) is 6.61 Å². The number of unbranched alkanes of at least 4 members (excludes halogenated alkanes) is 1. The second-order valence-corrected chi connectivity index (χ2v) is 7.39. The van der Waals surface area contributed by atoms with Crippen molar-refractivity contribution in [3.63, 3.8) is 0 Å². The molecule has 0 fully saturated rings. The highest BCUT2D eigenvalue weighted by molar-refractivity contribution is 7.13. The quantitative estimate of drug-likeness (QED) is 0.746. The lowest BCUT2D eigenvalue weighted by atomic mass is 9.92. The maximum absolute atomic E-state index is 12.5. The molecule has 0 bridgehead atoms. The molecule has 2 aromatic rings. The van der Waals surface area contributed by atoms with Crippen molar-refractivity contribution in [2.24, 2.45) is 5.41 Å². The lowest BCUT2D eigenvalue weighted by Crippen LogP contribution is -2.20. The minimum Gasteiger partial charge on any atom is -0.462 e. The third-order valence-electron chi connectivity index (χ3n) is 2.98. The highest BCUT2D eigenvalue weighted by Gasteiger charge is 2.23. The summed E-state index contributed by atoms with van der Waals surface area (Å²) in [5.41, 5.74) is -0.0982. The molecule has 0 aromatic carbocycles. The summed E-state index contributed by atoms with van der Waals surface area (Å²) < 4.78 is 6.94. The number of carbonyl (C=O) groups is 1. The Morgan fingerprint density at radius 1 is 1.41 bits per heavy atom. The van der Waals surface area contributed by atoms with Crippen LogP contribution in [0, 0.1) is 5.41 Å². The molecule has 6 heteroatoms. The number of hydrogen-bond acceptors (Lipinski definition) is 5. The number of nitrogens with zero attached hydrogens (tertiary/aromatic N) is 3. The molecule has 5 nitrogen and oxygen atoms in total. The van der Waals surface area contributed by atoms with E-state index >= 15 is 0 Å². The van der Waals surface area contributed by atoms with Gasteiger partial charge in [-0.25, -0.2) is 0 Å². The van der Waals surface area contributed by atoms with Gasteiger partial charge in [0.05, 0.1) is 11.5 Å². The van der Waals surface area contributed by atoms with Crippen molar-refractivity contribution in [3.05, 3.63) is 17.5 Å². The molecule has 0 aliphatic rings. The van der Waals surface area contributed by atoms with E-state index in [-0.39, 0.29) is 17.3 Å². The summed E-state index contributed by atoms with van der Waals surface area (Å²) in [7, 11) is 0. The topological polar surface area (TPSA) is 57.0 Å². The molecule has 2 aromatic heterocycles. The minimum atomic E-state index is -0.0982. The van der Waals surface area contributed by atoms with Crippen molar-refractivity contribution in [1.82, 2.24) is 14.8 Å². The molecular weight excluding hydrogens is 298 g/mol. The van der Waals surface area contributed by atoms with E-state index < -0.39 is 0 Å². The van der Waals surface area contributed by atoms with Crippen LogP contribution in [0.1, 0.15) is 51.8 Å². The van der Waals surface area contributed by atoms with Crippen LogP contribution in [0.3, 0.4) is 0 Å². The van der Waals surface area contributed by atoms with Crippen LogP contribution in [0.5, 0.6) is 6.01 Å². The maximum atomic E-state index is 12.5. The third-order valence-corrected chi connectivity index (χ3v) is 3.84. The summed E-state index contributed by atoms with van der Waals surface area (Å²) in [6.07, 6.45) is 2.39. The molecule has 0 aliphatic carbocycles. The summed E-state index contributed by atoms with van der Waals surface area (Å²) >= 11 is 1.54. The molecule has 2 heterocycles. The van der Waals surface area contributed by atoms with Gasteiger partial charge in [-0.1, -0.05) is 40.2 Å². The standard InChI is InChI=1S/C16H23N3O2S/c1-5-6-9-21-15-17-14(12-8-7-10-22-12)19(18-15)13(20)11-16(2,3)4/h7-8,10H,5-6,9,11H2,1-4H3. The van der Waals surface area contributed by atoms with Crippen LogP contribution < -0.4 is 4.74 Å². The molecule has 0 unspecified atom stereocenters. The van der Waals surface area contributed by atoms with Crippen LogP contribution in [0.15, 0.2) is 17.5 Å². The number of carbonyl (C=O) groups excluding carboxylic acids is 1. The average molecular weight is 321 g/mol. The predicted molar refractivity (Wildman–Crippen MR) is 88.4 cm³/mol. The first-order valence-corrected chi connectivity index (χ1v) is 8.45. The van der Waals surface area contributed by atoms with Crippen molar-refractivity contribution < 1.29 is 9.53 Å². The number of thiophene rings is 1. The number of rotatable bonds is 6. The average Bonchev–Trinajstić information content (AvgIpc) is 3.05. The molecule has 2 rings (SSSR count). The molecule has 22 heavy (non-hydrogen) atoms. The monoisotopic (exact) mass is 321 g/mol. The Kier molecular flexibility index (Phi) is 5.34. The van der Waals surface area contributed by atoms with Crippen LogP contribution in [-0.4, -0.2) is 27.3 Å². The number of aromatic nitrogens is 3. The van der Waals surface area contributed by atoms with E-state index in [0.717, 1.165) is 17.7 Å². The molecule has 0 radical (unpaired) electrons. The first-order chi connectivity index (χ1) is 10.4. The Hall–Kier alpha value is -1.69. The van der Waals surface area contributed by atoms with Crippen molar-refractivity contribution in [2.45, 2.75) is 47.0 Å². The van der Waals surface area contributed by atoms with Crippen molar-refractivity contribution in [1.29, 1.82) is 0 Å². The lowest BCUT2D eigenvalue weighted by molar-refractivity contribution is 0.0840. The largest absolute Gasteiger partial charge is 0.462 e. The van der Waals surface area contributed by atoms with Gasteiger partial charge < -0.3 is 4.74 Å². The van der Waals surface area contributed by atoms with Crippen molar-refractivity contribution in [3.8, 4) is 16.7 Å². The maximum Gasteiger partial charge on any atom is 0.336 e. The third kappa shape index (κ3) is 4.40. The smallest absolute Gasteiger partial charge is 0.336 e. The van der Waals surface area contributed by atoms with E-state index in [1.54, 1.807) is 0 Å². The second-order valence-electron chi connectivity index (χ2n) is 6.44.